The molecule has 3 nitrogen and oxygen atoms in total. The summed E-state index contributed by atoms with van der Waals surface area (Å²) in [5.41, 5.74) is 8.15. The third-order valence-corrected chi connectivity index (χ3v) is 8.49. The average Bonchev–Trinajstić information content (AvgIpc) is 3.22. The van der Waals surface area contributed by atoms with Crippen LogP contribution in [0.1, 0.15) is 41.5 Å². The average molecular weight is 419 g/mol. The lowest BCUT2D eigenvalue weighted by atomic mass is 9.59. The van der Waals surface area contributed by atoms with Crippen molar-refractivity contribution < 1.29 is 4.79 Å². The number of aryl methyl sites for hydroxylation is 1. The highest BCUT2D eigenvalue weighted by molar-refractivity contribution is 9.10. The summed E-state index contributed by atoms with van der Waals surface area (Å²) in [4.78, 5) is 12.7. The number of amides is 2. The molecular formula is C23H19BrN2O. The van der Waals surface area contributed by atoms with Crippen LogP contribution in [-0.2, 0) is 23.8 Å². The van der Waals surface area contributed by atoms with Crippen molar-refractivity contribution in [3.63, 3.8) is 0 Å². The molecule has 0 aromatic heterocycles. The van der Waals surface area contributed by atoms with E-state index in [0.717, 1.165) is 36.6 Å². The number of fused-ring (bicyclic) bond motifs is 2. The zero-order chi connectivity index (χ0) is 18.0. The summed E-state index contributed by atoms with van der Waals surface area (Å²) in [5.74, 6) is 0. The van der Waals surface area contributed by atoms with Crippen molar-refractivity contribution in [3.8, 4) is 0 Å². The monoisotopic (exact) mass is 418 g/mol. The van der Waals surface area contributed by atoms with Gasteiger partial charge in [0.1, 0.15) is 5.54 Å². The molecule has 2 fully saturated rings. The number of allylic oxidation sites excluding steroid dienone is 1. The van der Waals surface area contributed by atoms with E-state index in [1.54, 1.807) is 0 Å². The van der Waals surface area contributed by atoms with Gasteiger partial charge in [0.2, 0.25) is 0 Å². The minimum absolute atomic E-state index is 0.0359. The molecule has 2 aromatic carbocycles. The Morgan fingerprint density at radius 3 is 2.81 bits per heavy atom. The van der Waals surface area contributed by atoms with Crippen LogP contribution in [0.2, 0.25) is 0 Å². The van der Waals surface area contributed by atoms with Gasteiger partial charge in [-0.1, -0.05) is 46.3 Å². The molecule has 2 amide bonds. The zero-order valence-corrected chi connectivity index (χ0v) is 16.4. The van der Waals surface area contributed by atoms with Crippen LogP contribution in [0, 0.1) is 5.41 Å². The number of nitrogens with one attached hydrogen (secondary N) is 2. The number of carbonyl (C=O) groups is 1. The smallest absolute Gasteiger partial charge is 0.320 e. The molecule has 1 saturated carbocycles. The van der Waals surface area contributed by atoms with E-state index in [9.17, 15) is 4.79 Å². The quantitative estimate of drug-likeness (QED) is 0.651. The van der Waals surface area contributed by atoms with Gasteiger partial charge in [-0.3, -0.25) is 0 Å². The number of hydrogen-bond donors (Lipinski definition) is 2. The second kappa shape index (κ2) is 4.33. The molecule has 2 bridgehead atoms. The number of carbonyl (C=O) groups excluding carboxylic acids is 1. The highest BCUT2D eigenvalue weighted by Gasteiger charge is 2.74. The Kier molecular flexibility index (Phi) is 2.39. The highest BCUT2D eigenvalue weighted by atomic mass is 79.9. The topological polar surface area (TPSA) is 41.1 Å². The molecule has 1 saturated heterocycles. The van der Waals surface area contributed by atoms with E-state index in [4.69, 9.17) is 0 Å². The lowest BCUT2D eigenvalue weighted by molar-refractivity contribution is 0.107. The van der Waals surface area contributed by atoms with Gasteiger partial charge in [-0.25, -0.2) is 4.79 Å². The molecule has 3 atom stereocenters. The van der Waals surface area contributed by atoms with E-state index in [-0.39, 0.29) is 22.4 Å². The fourth-order valence-corrected chi connectivity index (χ4v) is 7.39. The summed E-state index contributed by atoms with van der Waals surface area (Å²) in [5, 5.41) is 6.70. The van der Waals surface area contributed by atoms with Gasteiger partial charge in [-0.15, -0.1) is 0 Å². The molecule has 4 aliphatic carbocycles. The molecule has 1 heterocycles. The summed E-state index contributed by atoms with van der Waals surface area (Å²) in [6, 6.07) is 15.6. The maximum atomic E-state index is 12.7. The van der Waals surface area contributed by atoms with Gasteiger partial charge in [0, 0.05) is 15.3 Å². The molecule has 2 aromatic rings. The van der Waals surface area contributed by atoms with Gasteiger partial charge in [-0.2, -0.15) is 0 Å². The SMILES string of the molecule is O=C1NC2=C3CC34CC3(CCc5ccccc54)Cc4ccc(Br)cc4C23N1. The summed E-state index contributed by atoms with van der Waals surface area (Å²) in [6.07, 6.45) is 5.48. The van der Waals surface area contributed by atoms with Crippen molar-refractivity contribution in [1.29, 1.82) is 0 Å². The van der Waals surface area contributed by atoms with Crippen LogP contribution in [0.4, 0.5) is 4.79 Å². The summed E-state index contributed by atoms with van der Waals surface area (Å²) < 4.78 is 1.09. The molecule has 7 rings (SSSR count). The number of benzene rings is 2. The molecule has 4 heteroatoms. The Morgan fingerprint density at radius 2 is 1.89 bits per heavy atom. The van der Waals surface area contributed by atoms with Gasteiger partial charge < -0.3 is 10.6 Å². The summed E-state index contributed by atoms with van der Waals surface area (Å²) >= 11 is 3.67. The van der Waals surface area contributed by atoms with Crippen molar-refractivity contribution >= 4 is 22.0 Å². The Morgan fingerprint density at radius 1 is 1.00 bits per heavy atom. The van der Waals surface area contributed by atoms with Crippen LogP contribution in [0.3, 0.4) is 0 Å². The lowest BCUT2D eigenvalue weighted by Gasteiger charge is -2.48. The van der Waals surface area contributed by atoms with Crippen LogP contribution in [0.15, 0.2) is 58.2 Å². The minimum atomic E-state index is -0.374. The van der Waals surface area contributed by atoms with Gasteiger partial charge >= 0.3 is 6.03 Å². The molecule has 134 valence electrons. The first-order chi connectivity index (χ1) is 13.1. The molecule has 2 N–H and O–H groups in total. The van der Waals surface area contributed by atoms with E-state index in [1.807, 2.05) is 0 Å². The molecule has 3 spiro atoms. The van der Waals surface area contributed by atoms with E-state index >= 15 is 0 Å². The molecule has 3 unspecified atom stereocenters. The van der Waals surface area contributed by atoms with Crippen LogP contribution < -0.4 is 10.6 Å². The van der Waals surface area contributed by atoms with E-state index < -0.39 is 0 Å². The van der Waals surface area contributed by atoms with Crippen molar-refractivity contribution in [2.75, 3.05) is 0 Å². The molecule has 5 aliphatic rings. The van der Waals surface area contributed by atoms with Gasteiger partial charge in [0.15, 0.2) is 0 Å². The Bertz CT molecular complexity index is 1120. The third-order valence-electron chi connectivity index (χ3n) is 7.99. The van der Waals surface area contributed by atoms with E-state index in [0.29, 0.717) is 0 Å². The fraction of sp³-hybridized carbons (Fsp3) is 0.348. The number of rotatable bonds is 0. The first kappa shape index (κ1) is 14.9. The van der Waals surface area contributed by atoms with Crippen LogP contribution in [-0.4, -0.2) is 6.03 Å². The van der Waals surface area contributed by atoms with Gasteiger partial charge in [0.25, 0.3) is 0 Å². The minimum Gasteiger partial charge on any atom is -0.322 e. The fourth-order valence-electron chi connectivity index (χ4n) is 7.03. The lowest BCUT2D eigenvalue weighted by Crippen LogP contribution is -2.54. The highest BCUT2D eigenvalue weighted by Crippen LogP contribution is 2.75. The second-order valence-corrected chi connectivity index (χ2v) is 9.95. The van der Waals surface area contributed by atoms with Crippen molar-refractivity contribution in [3.05, 3.63) is 80.5 Å². The van der Waals surface area contributed by atoms with Crippen LogP contribution in [0.5, 0.6) is 0 Å². The first-order valence-electron chi connectivity index (χ1n) is 9.79. The number of halogens is 1. The van der Waals surface area contributed by atoms with Crippen LogP contribution in [0.25, 0.3) is 0 Å². The second-order valence-electron chi connectivity index (χ2n) is 9.03. The largest absolute Gasteiger partial charge is 0.322 e. The predicted molar refractivity (Wildman–Crippen MR) is 106 cm³/mol. The normalized spacial score (nSPS) is 36.6. The maximum absolute atomic E-state index is 12.7. The van der Waals surface area contributed by atoms with Gasteiger partial charge in [0.05, 0.1) is 5.70 Å². The summed E-state index contributed by atoms with van der Waals surface area (Å²) in [7, 11) is 0. The Labute approximate surface area is 166 Å². The standard InChI is InChI=1S/C23H19BrN2O/c24-15-6-5-14-10-21-8-7-13-3-1-2-4-16(13)22(12-21)11-18(22)19-23(21,17(14)9-15)26-20(27)25-19/h1-6,9H,7-8,10-12H2,(H2,25,26,27). The number of urea groups is 1. The zero-order valence-electron chi connectivity index (χ0n) is 14.9. The number of hydrogen-bond acceptors (Lipinski definition) is 1. The molecule has 1 aliphatic heterocycles. The van der Waals surface area contributed by atoms with Crippen LogP contribution >= 0.6 is 15.9 Å². The summed E-state index contributed by atoms with van der Waals surface area (Å²) in [6.45, 7) is 0. The maximum Gasteiger partial charge on any atom is 0.320 e. The van der Waals surface area contributed by atoms with Crippen molar-refractivity contribution in [2.45, 2.75) is 43.1 Å². The predicted octanol–water partition coefficient (Wildman–Crippen LogP) is 4.45. The van der Waals surface area contributed by atoms with Gasteiger partial charge in [-0.05, 0) is 72.1 Å². The first-order valence-corrected chi connectivity index (χ1v) is 10.6. The van der Waals surface area contributed by atoms with Crippen molar-refractivity contribution in [1.82, 2.24) is 10.6 Å². The molecule has 27 heavy (non-hydrogen) atoms. The Hall–Kier alpha value is -2.07. The Balaban J connectivity index is 1.58. The molecule has 0 radical (unpaired) electrons. The van der Waals surface area contributed by atoms with E-state index in [2.05, 4.69) is 69.0 Å². The van der Waals surface area contributed by atoms with E-state index in [1.165, 1.54) is 33.5 Å². The molecular weight excluding hydrogens is 400 g/mol. The third kappa shape index (κ3) is 1.49. The van der Waals surface area contributed by atoms with Crippen molar-refractivity contribution in [2.24, 2.45) is 5.41 Å².